The minimum atomic E-state index is -0.103. The number of aromatic nitrogens is 2. The van der Waals surface area contributed by atoms with Crippen LogP contribution in [-0.4, -0.2) is 15.5 Å². The Bertz CT molecular complexity index is 1130. The average Bonchev–Trinajstić information content (AvgIpc) is 3.05. The molecule has 4 nitrogen and oxygen atoms in total. The molecular formula is C23H20ClN3O. The molecule has 0 aliphatic rings. The number of carbonyl (C=O) groups is 1. The smallest absolute Gasteiger partial charge is 0.251 e. The van der Waals surface area contributed by atoms with E-state index < -0.39 is 0 Å². The van der Waals surface area contributed by atoms with Crippen LogP contribution in [0.5, 0.6) is 0 Å². The molecule has 1 aromatic heterocycles. The summed E-state index contributed by atoms with van der Waals surface area (Å²) in [7, 11) is 0. The van der Waals surface area contributed by atoms with E-state index in [2.05, 4.69) is 9.88 Å². The monoisotopic (exact) mass is 389 g/mol. The van der Waals surface area contributed by atoms with Crippen LogP contribution in [0.2, 0.25) is 5.02 Å². The van der Waals surface area contributed by atoms with Gasteiger partial charge in [0, 0.05) is 17.1 Å². The van der Waals surface area contributed by atoms with E-state index in [1.807, 2.05) is 79.7 Å². The van der Waals surface area contributed by atoms with Gasteiger partial charge >= 0.3 is 0 Å². The van der Waals surface area contributed by atoms with Gasteiger partial charge in [-0.3, -0.25) is 4.79 Å². The molecule has 0 fully saturated rings. The van der Waals surface area contributed by atoms with Gasteiger partial charge in [0.15, 0.2) is 0 Å². The number of carbonyl (C=O) groups excluding carboxylic acids is 1. The zero-order chi connectivity index (χ0) is 19.5. The molecule has 0 saturated heterocycles. The third kappa shape index (κ3) is 3.92. The van der Waals surface area contributed by atoms with Crippen molar-refractivity contribution in [3.05, 3.63) is 100 Å². The molecule has 0 unspecified atom stereocenters. The molecule has 1 heterocycles. The lowest BCUT2D eigenvalue weighted by Crippen LogP contribution is -2.25. The van der Waals surface area contributed by atoms with Crippen molar-refractivity contribution >= 4 is 28.5 Å². The maximum atomic E-state index is 12.5. The number of amides is 1. The van der Waals surface area contributed by atoms with Crippen LogP contribution in [0.15, 0.2) is 72.8 Å². The van der Waals surface area contributed by atoms with Gasteiger partial charge in [-0.25, -0.2) is 4.98 Å². The SMILES string of the molecule is Cc1cccc(C(=O)NCc2nc3ccccc3n2Cc2ccc(Cl)cc2)c1. The first-order valence-corrected chi connectivity index (χ1v) is 9.51. The van der Waals surface area contributed by atoms with Gasteiger partial charge in [-0.15, -0.1) is 0 Å². The summed E-state index contributed by atoms with van der Waals surface area (Å²) >= 11 is 6.01. The third-order valence-corrected chi connectivity index (χ3v) is 4.93. The number of benzene rings is 3. The molecule has 4 rings (SSSR count). The summed E-state index contributed by atoms with van der Waals surface area (Å²) in [5, 5.41) is 3.71. The van der Waals surface area contributed by atoms with E-state index in [0.29, 0.717) is 23.7 Å². The maximum Gasteiger partial charge on any atom is 0.251 e. The van der Waals surface area contributed by atoms with Crippen molar-refractivity contribution < 1.29 is 4.79 Å². The first-order chi connectivity index (χ1) is 13.6. The number of fused-ring (bicyclic) bond motifs is 1. The molecule has 1 amide bonds. The van der Waals surface area contributed by atoms with E-state index in [4.69, 9.17) is 16.6 Å². The Morgan fingerprint density at radius 1 is 1.04 bits per heavy atom. The predicted molar refractivity (Wildman–Crippen MR) is 113 cm³/mol. The fraction of sp³-hybridized carbons (Fsp3) is 0.130. The third-order valence-electron chi connectivity index (χ3n) is 4.67. The zero-order valence-corrected chi connectivity index (χ0v) is 16.3. The Kier molecular flexibility index (Phi) is 5.13. The van der Waals surface area contributed by atoms with Crippen LogP contribution in [0, 0.1) is 6.92 Å². The molecular weight excluding hydrogens is 370 g/mol. The molecule has 0 atom stereocenters. The van der Waals surface area contributed by atoms with Crippen LogP contribution in [0.1, 0.15) is 27.3 Å². The number of nitrogens with one attached hydrogen (secondary N) is 1. The largest absolute Gasteiger partial charge is 0.345 e. The summed E-state index contributed by atoms with van der Waals surface area (Å²) in [5.41, 5.74) is 4.79. The van der Waals surface area contributed by atoms with Gasteiger partial charge < -0.3 is 9.88 Å². The Labute approximate surface area is 168 Å². The molecule has 5 heteroatoms. The van der Waals surface area contributed by atoms with Crippen LogP contribution in [0.4, 0.5) is 0 Å². The molecule has 0 spiro atoms. The molecule has 28 heavy (non-hydrogen) atoms. The Balaban J connectivity index is 1.61. The second-order valence-corrected chi connectivity index (χ2v) is 7.22. The second-order valence-electron chi connectivity index (χ2n) is 6.78. The Hall–Kier alpha value is -3.11. The Morgan fingerprint density at radius 2 is 1.82 bits per heavy atom. The van der Waals surface area contributed by atoms with Crippen molar-refractivity contribution in [2.24, 2.45) is 0 Å². The van der Waals surface area contributed by atoms with Crippen LogP contribution in [0.25, 0.3) is 11.0 Å². The summed E-state index contributed by atoms with van der Waals surface area (Å²) in [6.45, 7) is 2.99. The zero-order valence-electron chi connectivity index (χ0n) is 15.5. The van der Waals surface area contributed by atoms with Crippen LogP contribution in [0.3, 0.4) is 0 Å². The number of hydrogen-bond acceptors (Lipinski definition) is 2. The van der Waals surface area contributed by atoms with E-state index >= 15 is 0 Å². The number of imidazole rings is 1. The first kappa shape index (κ1) is 18.3. The topological polar surface area (TPSA) is 46.9 Å². The average molecular weight is 390 g/mol. The van der Waals surface area contributed by atoms with E-state index in [1.54, 1.807) is 0 Å². The molecule has 0 saturated carbocycles. The van der Waals surface area contributed by atoms with E-state index in [0.717, 1.165) is 28.0 Å². The molecule has 4 aromatic rings. The number of halogens is 1. The summed E-state index contributed by atoms with van der Waals surface area (Å²) in [6, 6.07) is 23.3. The van der Waals surface area contributed by atoms with Crippen LogP contribution in [-0.2, 0) is 13.1 Å². The highest BCUT2D eigenvalue weighted by molar-refractivity contribution is 6.30. The van der Waals surface area contributed by atoms with Crippen molar-refractivity contribution in [2.45, 2.75) is 20.0 Å². The lowest BCUT2D eigenvalue weighted by molar-refractivity contribution is 0.0949. The standard InChI is InChI=1S/C23H20ClN3O/c1-16-5-4-6-18(13-16)23(28)25-14-22-26-20-7-2-3-8-21(20)27(22)15-17-9-11-19(24)12-10-17/h2-13H,14-15H2,1H3,(H,25,28). The number of nitrogens with zero attached hydrogens (tertiary/aromatic N) is 2. The van der Waals surface area contributed by atoms with Crippen LogP contribution < -0.4 is 5.32 Å². The van der Waals surface area contributed by atoms with Crippen molar-refractivity contribution in [3.8, 4) is 0 Å². The summed E-state index contributed by atoms with van der Waals surface area (Å²) in [4.78, 5) is 17.3. The van der Waals surface area contributed by atoms with E-state index in [-0.39, 0.29) is 5.91 Å². The fourth-order valence-electron chi connectivity index (χ4n) is 3.26. The molecule has 0 aliphatic carbocycles. The van der Waals surface area contributed by atoms with Gasteiger partial charge in [0.1, 0.15) is 5.82 Å². The van der Waals surface area contributed by atoms with Crippen molar-refractivity contribution in [2.75, 3.05) is 0 Å². The number of para-hydroxylation sites is 2. The predicted octanol–water partition coefficient (Wildman–Crippen LogP) is 4.98. The number of aryl methyl sites for hydroxylation is 1. The van der Waals surface area contributed by atoms with Crippen molar-refractivity contribution in [1.82, 2.24) is 14.9 Å². The van der Waals surface area contributed by atoms with Gasteiger partial charge in [0.25, 0.3) is 5.91 Å². The molecule has 0 aliphatic heterocycles. The fourth-order valence-corrected chi connectivity index (χ4v) is 3.38. The van der Waals surface area contributed by atoms with Gasteiger partial charge in [-0.2, -0.15) is 0 Å². The second kappa shape index (κ2) is 7.87. The minimum absolute atomic E-state index is 0.103. The maximum absolute atomic E-state index is 12.5. The number of hydrogen-bond donors (Lipinski definition) is 1. The first-order valence-electron chi connectivity index (χ1n) is 9.13. The summed E-state index contributed by atoms with van der Waals surface area (Å²) < 4.78 is 2.13. The van der Waals surface area contributed by atoms with Gasteiger partial charge in [-0.1, -0.05) is 53.6 Å². The minimum Gasteiger partial charge on any atom is -0.345 e. The van der Waals surface area contributed by atoms with Gasteiger partial charge in [0.2, 0.25) is 0 Å². The summed E-state index contributed by atoms with van der Waals surface area (Å²) in [5.74, 6) is 0.714. The van der Waals surface area contributed by atoms with Gasteiger partial charge in [-0.05, 0) is 48.9 Å². The highest BCUT2D eigenvalue weighted by Gasteiger charge is 2.13. The molecule has 140 valence electrons. The molecule has 3 aromatic carbocycles. The van der Waals surface area contributed by atoms with Crippen molar-refractivity contribution in [3.63, 3.8) is 0 Å². The summed E-state index contributed by atoms with van der Waals surface area (Å²) in [6.07, 6.45) is 0. The van der Waals surface area contributed by atoms with E-state index in [1.165, 1.54) is 0 Å². The van der Waals surface area contributed by atoms with Crippen LogP contribution >= 0.6 is 11.6 Å². The molecule has 1 N–H and O–H groups in total. The molecule has 0 radical (unpaired) electrons. The Morgan fingerprint density at radius 3 is 2.61 bits per heavy atom. The highest BCUT2D eigenvalue weighted by atomic mass is 35.5. The number of rotatable bonds is 5. The lowest BCUT2D eigenvalue weighted by atomic mass is 10.1. The van der Waals surface area contributed by atoms with Crippen molar-refractivity contribution in [1.29, 1.82) is 0 Å². The lowest BCUT2D eigenvalue weighted by Gasteiger charge is -2.11. The quantitative estimate of drug-likeness (QED) is 0.523. The molecule has 0 bridgehead atoms. The van der Waals surface area contributed by atoms with Gasteiger partial charge in [0.05, 0.1) is 17.6 Å². The van der Waals surface area contributed by atoms with E-state index in [9.17, 15) is 4.79 Å². The normalized spacial score (nSPS) is 10.9. The highest BCUT2D eigenvalue weighted by Crippen LogP contribution is 2.19.